The summed E-state index contributed by atoms with van der Waals surface area (Å²) in [4.78, 5) is 0. The molecule has 0 aliphatic carbocycles. The first-order valence-corrected chi connectivity index (χ1v) is 13.6. The summed E-state index contributed by atoms with van der Waals surface area (Å²) in [6.45, 7) is 10.5. The van der Waals surface area contributed by atoms with Crippen molar-refractivity contribution < 1.29 is 19.7 Å². The van der Waals surface area contributed by atoms with Gasteiger partial charge in [-0.1, -0.05) is 64.4 Å². The Bertz CT molecular complexity index is 968. The zero-order valence-corrected chi connectivity index (χ0v) is 24.1. The minimum atomic E-state index is -0.866. The standard InChI is InChI=1S/C26H37Cl2N3O4.C2H6/c1-4-23(29)24(16-32)31(30)15-20(33)17-35-21-9-6-18(7-10-21)26(2,3)19-8-11-25(22(28)14-19)34-13-5-12-27;1-2/h6-11,14,20,32-33H,4-5,12-13,15-17,29-30H2,1-3H3;1-2H3/b24-23-;. The normalized spacial score (nSPS) is 12.7. The number of rotatable bonds is 14. The molecule has 6 N–H and O–H groups in total. The Hall–Kier alpha value is -2.16. The van der Waals surface area contributed by atoms with Gasteiger partial charge in [0.15, 0.2) is 0 Å². The van der Waals surface area contributed by atoms with Crippen LogP contribution in [0.25, 0.3) is 0 Å². The van der Waals surface area contributed by atoms with Gasteiger partial charge in [-0.15, -0.1) is 11.6 Å². The summed E-state index contributed by atoms with van der Waals surface area (Å²) in [5.41, 5.74) is 8.58. The quantitative estimate of drug-likeness (QED) is 0.110. The van der Waals surface area contributed by atoms with Gasteiger partial charge in [0.05, 0.1) is 30.5 Å². The molecule has 0 aliphatic rings. The largest absolute Gasteiger partial charge is 0.492 e. The summed E-state index contributed by atoms with van der Waals surface area (Å²) in [6.07, 6.45) is 0.446. The highest BCUT2D eigenvalue weighted by molar-refractivity contribution is 6.32. The van der Waals surface area contributed by atoms with Crippen molar-refractivity contribution >= 4 is 23.2 Å². The molecule has 0 amide bonds. The fourth-order valence-corrected chi connectivity index (χ4v) is 3.89. The molecule has 1 unspecified atom stereocenters. The number of ether oxygens (including phenoxy) is 2. The number of hydrogen-bond acceptors (Lipinski definition) is 7. The van der Waals surface area contributed by atoms with Crippen LogP contribution in [0.4, 0.5) is 0 Å². The molecule has 0 radical (unpaired) electrons. The number of aliphatic hydroxyl groups excluding tert-OH is 2. The fourth-order valence-electron chi connectivity index (χ4n) is 3.54. The average Bonchev–Trinajstić information content (AvgIpc) is 2.90. The monoisotopic (exact) mass is 555 g/mol. The lowest BCUT2D eigenvalue weighted by Crippen LogP contribution is -2.41. The van der Waals surface area contributed by atoms with E-state index in [4.69, 9.17) is 44.3 Å². The number of hydrazine groups is 1. The second-order valence-corrected chi connectivity index (χ2v) is 9.57. The molecule has 1 atom stereocenters. The van der Waals surface area contributed by atoms with Crippen LogP contribution in [0, 0.1) is 0 Å². The van der Waals surface area contributed by atoms with Crippen molar-refractivity contribution in [3.63, 3.8) is 0 Å². The van der Waals surface area contributed by atoms with Crippen molar-refractivity contribution in [3.8, 4) is 11.5 Å². The Morgan fingerprint density at radius 3 is 2.24 bits per heavy atom. The van der Waals surface area contributed by atoms with Gasteiger partial charge in [0.1, 0.15) is 24.2 Å². The van der Waals surface area contributed by atoms with Crippen LogP contribution in [0.3, 0.4) is 0 Å². The van der Waals surface area contributed by atoms with Gasteiger partial charge < -0.3 is 30.4 Å². The Kier molecular flexibility index (Phi) is 14.8. The number of nitrogens with zero attached hydrogens (tertiary/aromatic N) is 1. The van der Waals surface area contributed by atoms with E-state index >= 15 is 0 Å². The molecule has 0 aliphatic heterocycles. The van der Waals surface area contributed by atoms with Crippen molar-refractivity contribution in [2.75, 3.05) is 32.2 Å². The third-order valence-corrected chi connectivity index (χ3v) is 6.43. The molecule has 0 fully saturated rings. The van der Waals surface area contributed by atoms with Crippen molar-refractivity contribution in [3.05, 3.63) is 70.0 Å². The molecule has 208 valence electrons. The summed E-state index contributed by atoms with van der Waals surface area (Å²) < 4.78 is 11.4. The minimum absolute atomic E-state index is 0.0436. The van der Waals surface area contributed by atoms with Gasteiger partial charge in [-0.2, -0.15) is 0 Å². The minimum Gasteiger partial charge on any atom is -0.492 e. The van der Waals surface area contributed by atoms with Gasteiger partial charge in [-0.25, -0.2) is 5.84 Å². The van der Waals surface area contributed by atoms with Crippen LogP contribution in [0.15, 0.2) is 53.9 Å². The van der Waals surface area contributed by atoms with E-state index in [1.54, 1.807) is 0 Å². The first-order valence-electron chi connectivity index (χ1n) is 12.6. The first kappa shape index (κ1) is 32.9. The van der Waals surface area contributed by atoms with Crippen LogP contribution in [-0.2, 0) is 5.41 Å². The number of aliphatic hydroxyl groups is 2. The number of halogens is 2. The number of allylic oxidation sites excluding steroid dienone is 1. The molecule has 0 bridgehead atoms. The molecular weight excluding hydrogens is 513 g/mol. The lowest BCUT2D eigenvalue weighted by Gasteiger charge is -2.27. The van der Waals surface area contributed by atoms with Crippen LogP contribution in [0.1, 0.15) is 58.6 Å². The molecule has 0 saturated carbocycles. The van der Waals surface area contributed by atoms with Gasteiger partial charge in [0.2, 0.25) is 0 Å². The van der Waals surface area contributed by atoms with E-state index in [9.17, 15) is 10.2 Å². The Morgan fingerprint density at radius 1 is 1.08 bits per heavy atom. The van der Waals surface area contributed by atoms with Crippen LogP contribution in [0.2, 0.25) is 5.02 Å². The SMILES string of the molecule is CC.CC/C(N)=C(\CO)N(N)CC(O)COc1ccc(C(C)(C)c2ccc(OCCCCl)c(Cl)c2)cc1. The van der Waals surface area contributed by atoms with E-state index in [0.717, 1.165) is 17.5 Å². The molecule has 0 aromatic heterocycles. The Balaban J connectivity index is 0.00000334. The van der Waals surface area contributed by atoms with Crippen molar-refractivity contribution in [1.82, 2.24) is 5.01 Å². The molecule has 7 nitrogen and oxygen atoms in total. The smallest absolute Gasteiger partial charge is 0.137 e. The number of nitrogens with two attached hydrogens (primary N) is 2. The zero-order chi connectivity index (χ0) is 28.0. The maximum absolute atomic E-state index is 10.3. The lowest BCUT2D eigenvalue weighted by molar-refractivity contribution is 0.0740. The van der Waals surface area contributed by atoms with E-state index in [1.165, 1.54) is 5.01 Å². The molecule has 0 spiro atoms. The van der Waals surface area contributed by atoms with Crippen LogP contribution in [-0.4, -0.2) is 53.6 Å². The molecule has 0 heterocycles. The average molecular weight is 557 g/mol. The highest BCUT2D eigenvalue weighted by Crippen LogP contribution is 2.36. The van der Waals surface area contributed by atoms with Gasteiger partial charge >= 0.3 is 0 Å². The highest BCUT2D eigenvalue weighted by atomic mass is 35.5. The van der Waals surface area contributed by atoms with Crippen molar-refractivity contribution in [1.29, 1.82) is 0 Å². The Labute approximate surface area is 231 Å². The second-order valence-electron chi connectivity index (χ2n) is 8.79. The van der Waals surface area contributed by atoms with Crippen molar-refractivity contribution in [2.45, 2.75) is 59.0 Å². The van der Waals surface area contributed by atoms with Crippen LogP contribution < -0.4 is 21.1 Å². The summed E-state index contributed by atoms with van der Waals surface area (Å²) in [6, 6.07) is 13.5. The molecule has 9 heteroatoms. The van der Waals surface area contributed by atoms with E-state index < -0.39 is 6.10 Å². The van der Waals surface area contributed by atoms with E-state index in [-0.39, 0.29) is 25.2 Å². The third-order valence-electron chi connectivity index (χ3n) is 5.86. The summed E-state index contributed by atoms with van der Waals surface area (Å²) in [5, 5.41) is 21.6. The fraction of sp³-hybridized carbons (Fsp3) is 0.500. The number of benzene rings is 2. The Morgan fingerprint density at radius 2 is 1.70 bits per heavy atom. The first-order chi connectivity index (χ1) is 17.6. The molecule has 2 aromatic carbocycles. The maximum Gasteiger partial charge on any atom is 0.137 e. The topological polar surface area (TPSA) is 114 Å². The summed E-state index contributed by atoms with van der Waals surface area (Å²) in [7, 11) is 0. The molecule has 2 rings (SSSR count). The van der Waals surface area contributed by atoms with E-state index in [1.807, 2.05) is 63.2 Å². The molecule has 2 aromatic rings. The molecular formula is C28H43Cl2N3O4. The molecule has 37 heavy (non-hydrogen) atoms. The second kappa shape index (κ2) is 16.6. The lowest BCUT2D eigenvalue weighted by atomic mass is 9.78. The maximum atomic E-state index is 10.3. The van der Waals surface area contributed by atoms with Crippen LogP contribution >= 0.6 is 23.2 Å². The predicted octanol–water partition coefficient (Wildman–Crippen LogP) is 5.19. The van der Waals surface area contributed by atoms with Gasteiger partial charge in [0.25, 0.3) is 0 Å². The number of alkyl halides is 1. The van der Waals surface area contributed by atoms with Gasteiger partial charge in [0, 0.05) is 17.0 Å². The zero-order valence-electron chi connectivity index (χ0n) is 22.6. The number of hydrogen-bond donors (Lipinski definition) is 4. The van der Waals surface area contributed by atoms with E-state index in [0.29, 0.717) is 46.8 Å². The van der Waals surface area contributed by atoms with E-state index in [2.05, 4.69) is 13.8 Å². The van der Waals surface area contributed by atoms with Crippen molar-refractivity contribution in [2.24, 2.45) is 11.6 Å². The van der Waals surface area contributed by atoms with Gasteiger partial charge in [-0.05, 0) is 48.2 Å². The molecule has 0 saturated heterocycles. The van der Waals surface area contributed by atoms with Crippen LogP contribution in [0.5, 0.6) is 11.5 Å². The summed E-state index contributed by atoms with van der Waals surface area (Å²) in [5.74, 6) is 7.76. The third kappa shape index (κ3) is 9.91. The summed E-state index contributed by atoms with van der Waals surface area (Å²) >= 11 is 12.2. The van der Waals surface area contributed by atoms with Gasteiger partial charge in [-0.3, -0.25) is 0 Å². The predicted molar refractivity (Wildman–Crippen MR) is 153 cm³/mol. The highest BCUT2D eigenvalue weighted by Gasteiger charge is 2.24.